The summed E-state index contributed by atoms with van der Waals surface area (Å²) in [6, 6.07) is 8.73. The summed E-state index contributed by atoms with van der Waals surface area (Å²) in [6.07, 6.45) is 5.12. The molecular formula is C21H25NO5. The number of esters is 1. The molecule has 144 valence electrons. The average molecular weight is 371 g/mol. The molecule has 0 aliphatic heterocycles. The predicted molar refractivity (Wildman–Crippen MR) is 102 cm³/mol. The number of para-hydroxylation sites is 1. The average Bonchev–Trinajstić information content (AvgIpc) is 2.68. The normalized spacial score (nSPS) is 14.9. The van der Waals surface area contributed by atoms with Crippen molar-refractivity contribution in [2.24, 2.45) is 0 Å². The van der Waals surface area contributed by atoms with Crippen LogP contribution in [0, 0.1) is 0 Å². The van der Waals surface area contributed by atoms with Gasteiger partial charge < -0.3 is 14.1 Å². The molecule has 27 heavy (non-hydrogen) atoms. The molecule has 6 nitrogen and oxygen atoms in total. The van der Waals surface area contributed by atoms with Crippen molar-refractivity contribution in [1.29, 1.82) is 0 Å². The first kappa shape index (κ1) is 19.1. The van der Waals surface area contributed by atoms with Crippen molar-refractivity contribution >= 4 is 22.8 Å². The van der Waals surface area contributed by atoms with E-state index in [9.17, 15) is 14.4 Å². The van der Waals surface area contributed by atoms with Gasteiger partial charge >= 0.3 is 11.6 Å². The van der Waals surface area contributed by atoms with E-state index in [1.165, 1.54) is 0 Å². The van der Waals surface area contributed by atoms with E-state index in [0.29, 0.717) is 17.6 Å². The fourth-order valence-corrected chi connectivity index (χ4v) is 3.65. The standard InChI is InChI=1S/C21H25NO5/c1-2-26-19(23)12-13-22(16-9-4-3-5-10-16)20(24)17-14-15-8-6-7-11-18(15)27-21(17)25/h6-8,11,14,16H,2-5,9-10,12-13H2,1H3. The van der Waals surface area contributed by atoms with Crippen molar-refractivity contribution in [2.75, 3.05) is 13.2 Å². The van der Waals surface area contributed by atoms with Crippen molar-refractivity contribution in [2.45, 2.75) is 51.5 Å². The smallest absolute Gasteiger partial charge is 0.349 e. The molecule has 6 heteroatoms. The third kappa shape index (κ3) is 4.56. The maximum absolute atomic E-state index is 13.2. The van der Waals surface area contributed by atoms with E-state index >= 15 is 0 Å². The highest BCUT2D eigenvalue weighted by Gasteiger charge is 2.29. The lowest BCUT2D eigenvalue weighted by Gasteiger charge is -2.34. The van der Waals surface area contributed by atoms with Gasteiger partial charge in [-0.25, -0.2) is 4.79 Å². The zero-order valence-electron chi connectivity index (χ0n) is 15.6. The molecule has 1 heterocycles. The van der Waals surface area contributed by atoms with Gasteiger partial charge in [-0.2, -0.15) is 0 Å². The van der Waals surface area contributed by atoms with Crippen LogP contribution < -0.4 is 5.63 Å². The third-order valence-electron chi connectivity index (χ3n) is 5.01. The summed E-state index contributed by atoms with van der Waals surface area (Å²) in [4.78, 5) is 39.0. The second-order valence-corrected chi connectivity index (χ2v) is 6.83. The number of carbonyl (C=O) groups excluding carboxylic acids is 2. The molecule has 3 rings (SSSR count). The van der Waals surface area contributed by atoms with E-state index < -0.39 is 5.63 Å². The Balaban J connectivity index is 1.88. The Bertz CT molecular complexity index is 866. The van der Waals surface area contributed by atoms with Gasteiger partial charge in [-0.3, -0.25) is 9.59 Å². The Hall–Kier alpha value is -2.63. The third-order valence-corrected chi connectivity index (χ3v) is 5.01. The molecule has 0 N–H and O–H groups in total. The molecule has 1 aliphatic carbocycles. The van der Waals surface area contributed by atoms with Crippen molar-refractivity contribution in [3.8, 4) is 0 Å². The monoisotopic (exact) mass is 371 g/mol. The highest BCUT2D eigenvalue weighted by Crippen LogP contribution is 2.24. The molecule has 1 fully saturated rings. The number of nitrogens with zero attached hydrogens (tertiary/aromatic N) is 1. The predicted octanol–water partition coefficient (Wildman–Crippen LogP) is 3.52. The topological polar surface area (TPSA) is 76.8 Å². The van der Waals surface area contributed by atoms with E-state index in [4.69, 9.17) is 9.15 Å². The highest BCUT2D eigenvalue weighted by molar-refractivity contribution is 5.97. The highest BCUT2D eigenvalue weighted by atomic mass is 16.5. The number of ether oxygens (including phenoxy) is 1. The van der Waals surface area contributed by atoms with E-state index in [1.54, 1.807) is 36.1 Å². The van der Waals surface area contributed by atoms with Gasteiger partial charge in [-0.05, 0) is 31.9 Å². The van der Waals surface area contributed by atoms with Crippen LogP contribution in [0.15, 0.2) is 39.5 Å². The lowest BCUT2D eigenvalue weighted by atomic mass is 9.93. The minimum absolute atomic E-state index is 0.0168. The molecule has 1 aromatic carbocycles. The summed E-state index contributed by atoms with van der Waals surface area (Å²) in [7, 11) is 0. The van der Waals surface area contributed by atoms with Gasteiger partial charge in [0.25, 0.3) is 5.91 Å². The van der Waals surface area contributed by atoms with Gasteiger partial charge in [0.2, 0.25) is 0 Å². The molecule has 2 aromatic rings. The maximum Gasteiger partial charge on any atom is 0.349 e. The Labute approximate surface area is 158 Å². The van der Waals surface area contributed by atoms with Gasteiger partial charge in [0, 0.05) is 18.0 Å². The van der Waals surface area contributed by atoms with Gasteiger partial charge in [0.1, 0.15) is 11.1 Å². The minimum atomic E-state index is -0.643. The number of benzene rings is 1. The molecule has 0 radical (unpaired) electrons. The first-order valence-electron chi connectivity index (χ1n) is 9.59. The SMILES string of the molecule is CCOC(=O)CCN(C(=O)c1cc2ccccc2oc1=O)C1CCCCC1. The second-order valence-electron chi connectivity index (χ2n) is 6.83. The number of rotatable bonds is 6. The summed E-state index contributed by atoms with van der Waals surface area (Å²) in [5, 5.41) is 0.703. The fourth-order valence-electron chi connectivity index (χ4n) is 3.65. The molecule has 1 amide bonds. The molecule has 0 unspecified atom stereocenters. The van der Waals surface area contributed by atoms with Crippen LogP contribution in [-0.4, -0.2) is 36.0 Å². The summed E-state index contributed by atoms with van der Waals surface area (Å²) < 4.78 is 10.3. The number of hydrogen-bond donors (Lipinski definition) is 0. The van der Waals surface area contributed by atoms with Crippen LogP contribution in [0.1, 0.15) is 55.8 Å². The van der Waals surface area contributed by atoms with Crippen LogP contribution in [0.25, 0.3) is 11.0 Å². The largest absolute Gasteiger partial charge is 0.466 e. The van der Waals surface area contributed by atoms with Gasteiger partial charge in [0.05, 0.1) is 13.0 Å². The van der Waals surface area contributed by atoms with E-state index in [0.717, 1.165) is 32.1 Å². The molecule has 0 saturated heterocycles. The second kappa shape index (κ2) is 8.84. The molecule has 1 aliphatic rings. The van der Waals surface area contributed by atoms with E-state index in [1.807, 2.05) is 6.07 Å². The minimum Gasteiger partial charge on any atom is -0.466 e. The van der Waals surface area contributed by atoms with Crippen LogP contribution >= 0.6 is 0 Å². The fraction of sp³-hybridized carbons (Fsp3) is 0.476. The van der Waals surface area contributed by atoms with Crippen LogP contribution in [0.2, 0.25) is 0 Å². The quantitative estimate of drug-likeness (QED) is 0.573. The Kier molecular flexibility index (Phi) is 6.27. The number of hydrogen-bond acceptors (Lipinski definition) is 5. The van der Waals surface area contributed by atoms with Gasteiger partial charge in [-0.1, -0.05) is 37.5 Å². The lowest BCUT2D eigenvalue weighted by Crippen LogP contribution is -2.44. The Morgan fingerprint density at radius 1 is 1.19 bits per heavy atom. The van der Waals surface area contributed by atoms with E-state index in [-0.39, 0.29) is 36.4 Å². The zero-order valence-corrected chi connectivity index (χ0v) is 15.6. The number of amides is 1. The van der Waals surface area contributed by atoms with Crippen molar-refractivity contribution < 1.29 is 18.7 Å². The first-order chi connectivity index (χ1) is 13.1. The summed E-state index contributed by atoms with van der Waals surface area (Å²) >= 11 is 0. The molecular weight excluding hydrogens is 346 g/mol. The summed E-state index contributed by atoms with van der Waals surface area (Å²) in [5.41, 5.74) is -0.173. The zero-order chi connectivity index (χ0) is 19.2. The van der Waals surface area contributed by atoms with Crippen LogP contribution in [0.5, 0.6) is 0 Å². The summed E-state index contributed by atoms with van der Waals surface area (Å²) in [6.45, 7) is 2.31. The van der Waals surface area contributed by atoms with Crippen LogP contribution in [-0.2, 0) is 9.53 Å². The first-order valence-corrected chi connectivity index (χ1v) is 9.59. The lowest BCUT2D eigenvalue weighted by molar-refractivity contribution is -0.143. The van der Waals surface area contributed by atoms with Gasteiger partial charge in [0.15, 0.2) is 0 Å². The van der Waals surface area contributed by atoms with Crippen molar-refractivity contribution in [3.05, 3.63) is 46.3 Å². The summed E-state index contributed by atoms with van der Waals surface area (Å²) in [5.74, 6) is -0.706. The Morgan fingerprint density at radius 3 is 2.67 bits per heavy atom. The molecule has 0 atom stereocenters. The number of carbonyl (C=O) groups is 2. The number of fused-ring (bicyclic) bond motifs is 1. The van der Waals surface area contributed by atoms with Gasteiger partial charge in [-0.15, -0.1) is 0 Å². The molecule has 0 spiro atoms. The van der Waals surface area contributed by atoms with Crippen LogP contribution in [0.4, 0.5) is 0 Å². The Morgan fingerprint density at radius 2 is 1.93 bits per heavy atom. The molecule has 1 saturated carbocycles. The van der Waals surface area contributed by atoms with Crippen molar-refractivity contribution in [1.82, 2.24) is 4.90 Å². The maximum atomic E-state index is 13.2. The molecule has 0 bridgehead atoms. The van der Waals surface area contributed by atoms with Crippen molar-refractivity contribution in [3.63, 3.8) is 0 Å². The van der Waals surface area contributed by atoms with Crippen LogP contribution in [0.3, 0.4) is 0 Å². The molecule has 1 aromatic heterocycles. The van der Waals surface area contributed by atoms with E-state index in [2.05, 4.69) is 0 Å².